The van der Waals surface area contributed by atoms with E-state index < -0.39 is 11.9 Å². The van der Waals surface area contributed by atoms with Gasteiger partial charge in [-0.15, -0.1) is 0 Å². The summed E-state index contributed by atoms with van der Waals surface area (Å²) in [5.74, 6) is -1.55. The highest BCUT2D eigenvalue weighted by atomic mass is 16.4. The van der Waals surface area contributed by atoms with Gasteiger partial charge in [-0.2, -0.15) is 10.4 Å². The minimum Gasteiger partial charge on any atom is -0.478 e. The van der Waals surface area contributed by atoms with Crippen molar-refractivity contribution in [3.63, 3.8) is 0 Å². The lowest BCUT2D eigenvalue weighted by Crippen LogP contribution is -2.19. The lowest BCUT2D eigenvalue weighted by molar-refractivity contribution is 0.0696. The second-order valence-corrected chi connectivity index (χ2v) is 7.30. The lowest BCUT2D eigenvalue weighted by Gasteiger charge is -2.14. The normalized spacial score (nSPS) is 11.0. The molecule has 158 valence electrons. The summed E-state index contributed by atoms with van der Waals surface area (Å²) < 4.78 is 1.79. The van der Waals surface area contributed by atoms with Gasteiger partial charge < -0.3 is 14.7 Å². The molecule has 0 aliphatic carbocycles. The van der Waals surface area contributed by atoms with E-state index in [0.29, 0.717) is 11.3 Å². The quantitative estimate of drug-likeness (QED) is 0.331. The number of nitrogens with one attached hydrogen (secondary N) is 2. The third-order valence-electron chi connectivity index (χ3n) is 5.21. The number of hydrogen-bond donors (Lipinski definition) is 3. The number of amides is 1. The first-order chi connectivity index (χ1) is 15.4. The van der Waals surface area contributed by atoms with Crippen LogP contribution in [0.5, 0.6) is 0 Å². The van der Waals surface area contributed by atoms with Crippen molar-refractivity contribution < 1.29 is 14.7 Å². The van der Waals surface area contributed by atoms with Crippen molar-refractivity contribution in [2.45, 2.75) is 13.8 Å². The number of hydrogen-bond acceptors (Lipinski definition) is 4. The fraction of sp³-hybridized carbons (Fsp3) is 0.0833. The monoisotopic (exact) mass is 425 g/mol. The van der Waals surface area contributed by atoms with Crippen molar-refractivity contribution in [3.05, 3.63) is 88.4 Å². The molecule has 2 aromatic carbocycles. The molecule has 32 heavy (non-hydrogen) atoms. The van der Waals surface area contributed by atoms with Gasteiger partial charge >= 0.3 is 5.97 Å². The van der Waals surface area contributed by atoms with Crippen LogP contribution in [-0.2, 0) is 0 Å². The number of aryl methyl sites for hydroxylation is 2. The number of aromatic amines is 1. The number of nitriles is 1. The van der Waals surface area contributed by atoms with Crippen LogP contribution in [-0.4, -0.2) is 32.7 Å². The summed E-state index contributed by atoms with van der Waals surface area (Å²) in [4.78, 5) is 27.5. The Morgan fingerprint density at radius 1 is 1.12 bits per heavy atom. The first-order valence-electron chi connectivity index (χ1n) is 9.76. The number of carboxylic acid groups (broad SMARTS) is 1. The van der Waals surface area contributed by atoms with Gasteiger partial charge in [-0.3, -0.25) is 4.79 Å². The second kappa shape index (κ2) is 8.24. The molecule has 0 saturated heterocycles. The number of H-pyrrole nitrogens is 1. The van der Waals surface area contributed by atoms with Crippen LogP contribution in [0.1, 0.15) is 43.2 Å². The summed E-state index contributed by atoms with van der Waals surface area (Å²) >= 11 is 0. The molecule has 0 saturated carbocycles. The van der Waals surface area contributed by atoms with Crippen LogP contribution in [0.15, 0.2) is 59.8 Å². The molecule has 0 aliphatic heterocycles. The Hall–Kier alpha value is -4.64. The van der Waals surface area contributed by atoms with E-state index in [1.54, 1.807) is 35.0 Å². The van der Waals surface area contributed by atoms with Gasteiger partial charge in [0.2, 0.25) is 0 Å². The maximum atomic E-state index is 12.7. The van der Waals surface area contributed by atoms with E-state index in [4.69, 9.17) is 5.26 Å². The van der Waals surface area contributed by atoms with Crippen molar-refractivity contribution in [2.75, 3.05) is 0 Å². The van der Waals surface area contributed by atoms with Crippen molar-refractivity contribution >= 4 is 29.0 Å². The second-order valence-electron chi connectivity index (χ2n) is 7.30. The number of carbonyl (C=O) groups excluding carboxylic acids is 1. The molecule has 0 bridgehead atoms. The van der Waals surface area contributed by atoms with Gasteiger partial charge in [-0.25, -0.2) is 10.2 Å². The molecule has 0 unspecified atom stereocenters. The Balaban J connectivity index is 1.61. The van der Waals surface area contributed by atoms with E-state index in [1.165, 1.54) is 18.3 Å². The number of fused-ring (bicyclic) bond motifs is 1. The Kier molecular flexibility index (Phi) is 5.31. The van der Waals surface area contributed by atoms with Gasteiger partial charge in [0, 0.05) is 39.6 Å². The Bertz CT molecular complexity index is 1420. The smallest absolute Gasteiger partial charge is 0.337 e. The summed E-state index contributed by atoms with van der Waals surface area (Å²) in [6.07, 6.45) is 3.23. The molecule has 4 rings (SSSR count). The number of benzene rings is 2. The van der Waals surface area contributed by atoms with Crippen LogP contribution in [0, 0.1) is 25.2 Å². The van der Waals surface area contributed by atoms with E-state index in [0.717, 1.165) is 27.9 Å². The molecule has 4 aromatic rings. The molecular weight excluding hydrogens is 406 g/mol. The van der Waals surface area contributed by atoms with Gasteiger partial charge in [0.15, 0.2) is 0 Å². The summed E-state index contributed by atoms with van der Waals surface area (Å²) in [7, 11) is 0. The predicted octanol–water partition coefficient (Wildman–Crippen LogP) is 3.91. The molecule has 3 N–H and O–H groups in total. The number of aromatic carboxylic acids is 1. The number of carboxylic acids is 1. The average Bonchev–Trinajstić information content (AvgIpc) is 3.34. The molecule has 0 spiro atoms. The molecule has 2 aromatic heterocycles. The fourth-order valence-electron chi connectivity index (χ4n) is 3.63. The van der Waals surface area contributed by atoms with E-state index in [9.17, 15) is 14.7 Å². The molecular formula is C24H19N5O3. The average molecular weight is 425 g/mol. The predicted molar refractivity (Wildman–Crippen MR) is 120 cm³/mol. The standard InChI is InChI=1S/C24H19N5O3/c1-14-3-4-15(2)29(14)22-10-17(6-7-19(22)24(31)32)23(30)28-27-13-18-12-26-21-8-5-16(11-25)9-20(18)21/h3-10,12-13,26H,1-2H3,(H,28,30)(H,31,32)/b27-13+. The first-order valence-corrected chi connectivity index (χ1v) is 9.76. The maximum absolute atomic E-state index is 12.7. The van der Waals surface area contributed by atoms with E-state index in [1.807, 2.05) is 26.0 Å². The zero-order valence-electron chi connectivity index (χ0n) is 17.4. The molecule has 0 aliphatic rings. The largest absolute Gasteiger partial charge is 0.478 e. The van der Waals surface area contributed by atoms with Gasteiger partial charge in [0.25, 0.3) is 5.91 Å². The molecule has 1 amide bonds. The van der Waals surface area contributed by atoms with E-state index in [2.05, 4.69) is 21.6 Å². The summed E-state index contributed by atoms with van der Waals surface area (Å²) in [5.41, 5.74) is 7.07. The van der Waals surface area contributed by atoms with Crippen LogP contribution < -0.4 is 5.43 Å². The van der Waals surface area contributed by atoms with Gasteiger partial charge in [0.1, 0.15) is 0 Å². The van der Waals surface area contributed by atoms with Crippen LogP contribution in [0.2, 0.25) is 0 Å². The van der Waals surface area contributed by atoms with Crippen LogP contribution in [0.3, 0.4) is 0 Å². The molecule has 0 fully saturated rings. The third-order valence-corrected chi connectivity index (χ3v) is 5.21. The Morgan fingerprint density at radius 2 is 1.88 bits per heavy atom. The molecule has 0 radical (unpaired) electrons. The molecule has 2 heterocycles. The minimum absolute atomic E-state index is 0.0968. The zero-order chi connectivity index (χ0) is 22.8. The number of nitrogens with zero attached hydrogens (tertiary/aromatic N) is 3. The number of rotatable bonds is 5. The van der Waals surface area contributed by atoms with Gasteiger partial charge in [-0.1, -0.05) is 0 Å². The van der Waals surface area contributed by atoms with Crippen LogP contribution in [0.4, 0.5) is 0 Å². The number of aromatic nitrogens is 2. The SMILES string of the molecule is Cc1ccc(C)n1-c1cc(C(=O)N/N=C/c2c[nH]c3ccc(C#N)cc23)ccc1C(=O)O. The van der Waals surface area contributed by atoms with E-state index in [-0.39, 0.29) is 11.1 Å². The van der Waals surface area contributed by atoms with E-state index >= 15 is 0 Å². The number of carbonyl (C=O) groups is 2. The van der Waals surface area contributed by atoms with Crippen LogP contribution >= 0.6 is 0 Å². The minimum atomic E-state index is -1.08. The van der Waals surface area contributed by atoms with Crippen molar-refractivity contribution in [1.82, 2.24) is 15.0 Å². The molecule has 0 atom stereocenters. The highest BCUT2D eigenvalue weighted by molar-refractivity contribution is 6.01. The fourth-order valence-corrected chi connectivity index (χ4v) is 3.63. The summed E-state index contributed by atoms with van der Waals surface area (Å²) in [5, 5.41) is 23.5. The van der Waals surface area contributed by atoms with Gasteiger partial charge in [-0.05, 0) is 62.4 Å². The lowest BCUT2D eigenvalue weighted by atomic mass is 10.1. The highest BCUT2D eigenvalue weighted by Gasteiger charge is 2.17. The first kappa shape index (κ1) is 20.6. The molecule has 8 nitrogen and oxygen atoms in total. The summed E-state index contributed by atoms with van der Waals surface area (Å²) in [6, 6.07) is 15.5. The van der Waals surface area contributed by atoms with Crippen LogP contribution in [0.25, 0.3) is 16.6 Å². The third kappa shape index (κ3) is 3.75. The highest BCUT2D eigenvalue weighted by Crippen LogP contribution is 2.22. The summed E-state index contributed by atoms with van der Waals surface area (Å²) in [6.45, 7) is 3.74. The molecule has 8 heteroatoms. The van der Waals surface area contributed by atoms with Crippen molar-refractivity contribution in [3.8, 4) is 11.8 Å². The topological polar surface area (TPSA) is 123 Å². The maximum Gasteiger partial charge on any atom is 0.337 e. The zero-order valence-corrected chi connectivity index (χ0v) is 17.4. The Labute approximate surface area is 183 Å². The van der Waals surface area contributed by atoms with Crippen molar-refractivity contribution in [2.24, 2.45) is 5.10 Å². The number of hydrazone groups is 1. The van der Waals surface area contributed by atoms with Gasteiger partial charge in [0.05, 0.1) is 29.1 Å². The van der Waals surface area contributed by atoms with Crippen molar-refractivity contribution in [1.29, 1.82) is 5.26 Å². The Morgan fingerprint density at radius 3 is 2.56 bits per heavy atom.